The van der Waals surface area contributed by atoms with E-state index in [4.69, 9.17) is 15.0 Å². The molecule has 1 aliphatic heterocycles. The topological polar surface area (TPSA) is 95.7 Å². The molecule has 3 unspecified atom stereocenters. The summed E-state index contributed by atoms with van der Waals surface area (Å²) in [6, 6.07) is 9.55. The number of hydrogen-bond acceptors (Lipinski definition) is 6. The monoisotopic (exact) mass is 453 g/mol. The van der Waals surface area contributed by atoms with Crippen LogP contribution in [-0.2, 0) is 25.0 Å². The highest BCUT2D eigenvalue weighted by atomic mass is 31.2. The first kappa shape index (κ1) is 25.7. The zero-order valence-corrected chi connectivity index (χ0v) is 20.4. The fourth-order valence-corrected chi connectivity index (χ4v) is 6.22. The number of hydrogen-bond donors (Lipinski definition) is 1. The van der Waals surface area contributed by atoms with Crippen LogP contribution >= 0.6 is 7.37 Å². The number of carbonyl (C=O) groups is 2. The second-order valence-electron chi connectivity index (χ2n) is 9.35. The lowest BCUT2D eigenvalue weighted by Gasteiger charge is -2.35. The van der Waals surface area contributed by atoms with Crippen molar-refractivity contribution in [1.29, 1.82) is 0 Å². The number of rotatable bonds is 8. The van der Waals surface area contributed by atoms with Crippen molar-refractivity contribution >= 4 is 19.4 Å². The van der Waals surface area contributed by atoms with Crippen LogP contribution in [0.1, 0.15) is 59.4 Å². The molecule has 0 aliphatic carbocycles. The van der Waals surface area contributed by atoms with E-state index >= 15 is 0 Å². The molecule has 31 heavy (non-hydrogen) atoms. The molecule has 0 bridgehead atoms. The van der Waals surface area contributed by atoms with Crippen LogP contribution in [0.5, 0.6) is 0 Å². The number of nitrogens with zero attached hydrogens (tertiary/aromatic N) is 1. The first-order valence-electron chi connectivity index (χ1n) is 11.1. The molecular weight excluding hydrogens is 415 g/mol. The molecule has 174 valence electrons. The standard InChI is InChI=1S/C23H38N2O5P/c1-6-29-31(28,20(24)15-14-19-12-8-7-9-13-19)17-21(26)25(16-10-11-18(25)2)22(27)30-23(3,4)5/h7-9,12-13,18,20H,6,10-11,14-17,24H2,1-5H3/q+1/t18-,20?,25?,31?/m1/s1. The van der Waals surface area contributed by atoms with Gasteiger partial charge in [0.15, 0.2) is 0 Å². The third-order valence-electron chi connectivity index (χ3n) is 5.83. The van der Waals surface area contributed by atoms with Crippen LogP contribution in [0.15, 0.2) is 30.3 Å². The lowest BCUT2D eigenvalue weighted by atomic mass is 10.1. The lowest BCUT2D eigenvalue weighted by molar-refractivity contribution is -0.792. The molecule has 2 amide bonds. The Bertz CT molecular complexity index is 808. The minimum Gasteiger partial charge on any atom is -0.414 e. The van der Waals surface area contributed by atoms with Gasteiger partial charge in [-0.1, -0.05) is 30.3 Å². The average Bonchev–Trinajstić information content (AvgIpc) is 3.08. The molecule has 1 saturated heterocycles. The van der Waals surface area contributed by atoms with Crippen LogP contribution in [0.3, 0.4) is 0 Å². The molecule has 1 fully saturated rings. The number of quaternary nitrogens is 1. The maximum absolute atomic E-state index is 13.7. The molecule has 4 atom stereocenters. The van der Waals surface area contributed by atoms with Gasteiger partial charge in [-0.2, -0.15) is 9.28 Å². The van der Waals surface area contributed by atoms with E-state index in [1.807, 2.05) is 37.3 Å². The molecule has 1 aromatic rings. The second-order valence-corrected chi connectivity index (χ2v) is 12.0. The molecular formula is C23H38N2O5P+. The number of amides is 2. The van der Waals surface area contributed by atoms with Gasteiger partial charge >= 0.3 is 12.0 Å². The highest BCUT2D eigenvalue weighted by Gasteiger charge is 2.56. The molecule has 1 aromatic carbocycles. The highest BCUT2D eigenvalue weighted by molar-refractivity contribution is 7.60. The Morgan fingerprint density at radius 1 is 1.26 bits per heavy atom. The van der Waals surface area contributed by atoms with Crippen molar-refractivity contribution in [3.05, 3.63) is 35.9 Å². The predicted octanol–water partition coefficient (Wildman–Crippen LogP) is 4.68. The van der Waals surface area contributed by atoms with E-state index in [1.165, 1.54) is 0 Å². The predicted molar refractivity (Wildman–Crippen MR) is 122 cm³/mol. The molecule has 2 N–H and O–H groups in total. The summed E-state index contributed by atoms with van der Waals surface area (Å²) in [6.07, 6.45) is 1.57. The van der Waals surface area contributed by atoms with Crippen LogP contribution in [0, 0.1) is 0 Å². The van der Waals surface area contributed by atoms with Gasteiger partial charge < -0.3 is 15.0 Å². The largest absolute Gasteiger partial charge is 0.524 e. The van der Waals surface area contributed by atoms with E-state index in [-0.39, 0.29) is 18.8 Å². The van der Waals surface area contributed by atoms with Crippen molar-refractivity contribution < 1.29 is 27.9 Å². The maximum Gasteiger partial charge on any atom is 0.524 e. The summed E-state index contributed by atoms with van der Waals surface area (Å²) in [4.78, 5) is 26.7. The summed E-state index contributed by atoms with van der Waals surface area (Å²) in [7, 11) is -3.51. The Kier molecular flexibility index (Phi) is 8.62. The first-order valence-corrected chi connectivity index (χ1v) is 13.0. The zero-order chi connectivity index (χ0) is 23.3. The molecule has 1 heterocycles. The number of carbonyl (C=O) groups excluding carboxylic acids is 2. The molecule has 0 saturated carbocycles. The molecule has 0 aromatic heterocycles. The second kappa shape index (κ2) is 10.4. The fraction of sp³-hybridized carbons (Fsp3) is 0.652. The van der Waals surface area contributed by atoms with E-state index in [9.17, 15) is 14.2 Å². The average molecular weight is 454 g/mol. The minimum absolute atomic E-state index is 0.186. The van der Waals surface area contributed by atoms with Gasteiger partial charge in [-0.05, 0) is 53.0 Å². The quantitative estimate of drug-likeness (QED) is 0.454. The molecule has 0 spiro atoms. The Morgan fingerprint density at radius 2 is 1.90 bits per heavy atom. The Morgan fingerprint density at radius 3 is 2.42 bits per heavy atom. The van der Waals surface area contributed by atoms with E-state index in [0.717, 1.165) is 18.4 Å². The van der Waals surface area contributed by atoms with Crippen molar-refractivity contribution in [2.24, 2.45) is 5.73 Å². The normalized spacial score (nSPS) is 24.4. The van der Waals surface area contributed by atoms with E-state index < -0.39 is 35.2 Å². The van der Waals surface area contributed by atoms with Gasteiger partial charge in [0, 0.05) is 12.8 Å². The van der Waals surface area contributed by atoms with Crippen LogP contribution in [0.25, 0.3) is 0 Å². The summed E-state index contributed by atoms with van der Waals surface area (Å²) in [5, 5.41) is 0. The van der Waals surface area contributed by atoms with Gasteiger partial charge in [-0.15, -0.1) is 0 Å². The van der Waals surface area contributed by atoms with Crippen LogP contribution in [0.4, 0.5) is 4.79 Å². The highest BCUT2D eigenvalue weighted by Crippen LogP contribution is 2.52. The van der Waals surface area contributed by atoms with Crippen molar-refractivity contribution in [3.8, 4) is 0 Å². The number of ether oxygens (including phenoxy) is 1. The van der Waals surface area contributed by atoms with Gasteiger partial charge in [-0.25, -0.2) is 4.79 Å². The maximum atomic E-state index is 13.7. The summed E-state index contributed by atoms with van der Waals surface area (Å²) in [6.45, 7) is 9.46. The molecule has 7 nitrogen and oxygen atoms in total. The number of aryl methyl sites for hydroxylation is 1. The van der Waals surface area contributed by atoms with Gasteiger partial charge in [0.05, 0.1) is 18.9 Å². The molecule has 8 heteroatoms. The first-order chi connectivity index (χ1) is 14.4. The van der Waals surface area contributed by atoms with Crippen molar-refractivity contribution in [1.82, 2.24) is 0 Å². The third kappa shape index (κ3) is 6.26. The molecule has 0 radical (unpaired) electrons. The number of imide groups is 1. The van der Waals surface area contributed by atoms with Crippen molar-refractivity contribution in [2.75, 3.05) is 19.3 Å². The molecule has 2 rings (SSSR count). The fourth-order valence-electron chi connectivity index (χ4n) is 4.11. The summed E-state index contributed by atoms with van der Waals surface area (Å²) < 4.78 is 24.5. The van der Waals surface area contributed by atoms with Gasteiger partial charge in [0.2, 0.25) is 7.37 Å². The van der Waals surface area contributed by atoms with Crippen LogP contribution in [-0.4, -0.2) is 53.2 Å². The number of benzene rings is 1. The zero-order valence-electron chi connectivity index (χ0n) is 19.5. The summed E-state index contributed by atoms with van der Waals surface area (Å²) in [5.74, 6) is -1.21. The van der Waals surface area contributed by atoms with Gasteiger partial charge in [-0.3, -0.25) is 4.57 Å². The SMILES string of the molecule is CCOP(=O)(CC(=O)[N+]1(C(=O)OC(C)(C)C)CCC[C@H]1C)C(N)CCc1ccccc1. The smallest absolute Gasteiger partial charge is 0.414 e. The summed E-state index contributed by atoms with van der Waals surface area (Å²) >= 11 is 0. The van der Waals surface area contributed by atoms with Gasteiger partial charge in [0.1, 0.15) is 17.8 Å². The van der Waals surface area contributed by atoms with Crippen LogP contribution < -0.4 is 5.73 Å². The minimum atomic E-state index is -3.51. The summed E-state index contributed by atoms with van der Waals surface area (Å²) in [5.41, 5.74) is 6.68. The number of nitrogens with two attached hydrogens (primary N) is 1. The molecule has 1 aliphatic rings. The van der Waals surface area contributed by atoms with E-state index in [1.54, 1.807) is 27.7 Å². The Labute approximate surface area is 186 Å². The Balaban J connectivity index is 2.23. The van der Waals surface area contributed by atoms with E-state index in [0.29, 0.717) is 19.4 Å². The van der Waals surface area contributed by atoms with Crippen molar-refractivity contribution in [3.63, 3.8) is 0 Å². The number of likely N-dealkylation sites (tertiary alicyclic amines) is 1. The van der Waals surface area contributed by atoms with E-state index in [2.05, 4.69) is 0 Å². The van der Waals surface area contributed by atoms with Crippen molar-refractivity contribution in [2.45, 2.75) is 77.7 Å². The lowest BCUT2D eigenvalue weighted by Crippen LogP contribution is -2.61. The van der Waals surface area contributed by atoms with Gasteiger partial charge in [0.25, 0.3) is 0 Å². The van der Waals surface area contributed by atoms with Crippen LogP contribution in [0.2, 0.25) is 0 Å². The third-order valence-corrected chi connectivity index (χ3v) is 8.51. The Hall–Kier alpha value is -1.53.